The van der Waals surface area contributed by atoms with Gasteiger partial charge in [-0.3, -0.25) is 4.99 Å². The third kappa shape index (κ3) is 8.04. The number of likely N-dealkylation sites (N-methyl/N-ethyl adjacent to an activating group) is 1. The Labute approximate surface area is 215 Å². The molecule has 1 saturated heterocycles. The number of benzene rings is 1. The normalized spacial score (nSPS) is 17.4. The first-order valence-electron chi connectivity index (χ1n) is 12.3. The lowest BCUT2D eigenvalue weighted by molar-refractivity contribution is 0.0174. The van der Waals surface area contributed by atoms with E-state index in [0.717, 1.165) is 37.6 Å². The van der Waals surface area contributed by atoms with E-state index < -0.39 is 5.92 Å². The fourth-order valence-electron chi connectivity index (χ4n) is 3.80. The number of alkyl halides is 2. The van der Waals surface area contributed by atoms with Gasteiger partial charge in [-0.2, -0.15) is 0 Å². The van der Waals surface area contributed by atoms with Crippen molar-refractivity contribution in [1.29, 1.82) is 0 Å². The number of hydrogen-bond donors (Lipinski definition) is 1. The molecule has 2 rings (SSSR count). The van der Waals surface area contributed by atoms with Crippen molar-refractivity contribution < 1.29 is 8.78 Å². The maximum absolute atomic E-state index is 14.0. The van der Waals surface area contributed by atoms with E-state index in [1.165, 1.54) is 12.1 Å². The van der Waals surface area contributed by atoms with Crippen LogP contribution in [0.25, 0.3) is 5.70 Å². The van der Waals surface area contributed by atoms with E-state index in [-0.39, 0.29) is 5.56 Å². The number of allylic oxidation sites excluding steroid dienone is 3. The number of rotatable bonds is 10. The first kappa shape index (κ1) is 28.8. The fourth-order valence-corrected chi connectivity index (χ4v) is 3.80. The lowest BCUT2D eigenvalue weighted by atomic mass is 10.0. The molecule has 1 fully saturated rings. The van der Waals surface area contributed by atoms with Crippen LogP contribution in [0.3, 0.4) is 0 Å². The van der Waals surface area contributed by atoms with Crippen molar-refractivity contribution in [2.45, 2.75) is 46.5 Å². The van der Waals surface area contributed by atoms with Gasteiger partial charge in [0, 0.05) is 57.1 Å². The molecule has 0 radical (unpaired) electrons. The second kappa shape index (κ2) is 13.6. The van der Waals surface area contributed by atoms with E-state index in [1.807, 2.05) is 57.1 Å². The van der Waals surface area contributed by atoms with E-state index in [9.17, 15) is 8.78 Å². The van der Waals surface area contributed by atoms with Crippen molar-refractivity contribution in [1.82, 2.24) is 15.1 Å². The standard InChI is InChI=1S/C29H39F2N5/c1-8-13-24(21-32-10-3)16-17-33-23(5)36-19-12-18-35(7)22(4)28(36)34-27(9-2)25-14-11-15-26(20-25)29(6,30)31/h8-11,13-15,20-21,33H,4-5,12,16-19H2,1-3,6-7H3/b13-8-,24-21+,27-9-,32-10-,34-28+. The van der Waals surface area contributed by atoms with Gasteiger partial charge in [-0.1, -0.05) is 49.6 Å². The number of halogens is 2. The molecule has 0 amide bonds. The minimum absolute atomic E-state index is 0.0447. The molecular formula is C29H39F2N5. The molecule has 1 aliphatic rings. The number of hydrogen-bond acceptors (Lipinski definition) is 4. The van der Waals surface area contributed by atoms with Gasteiger partial charge in [-0.15, -0.1) is 0 Å². The predicted octanol–water partition coefficient (Wildman–Crippen LogP) is 6.71. The molecule has 0 bridgehead atoms. The molecule has 1 N–H and O–H groups in total. The summed E-state index contributed by atoms with van der Waals surface area (Å²) in [5, 5.41) is 3.42. The molecule has 1 aromatic rings. The van der Waals surface area contributed by atoms with Crippen LogP contribution in [-0.4, -0.2) is 48.5 Å². The molecule has 36 heavy (non-hydrogen) atoms. The minimum atomic E-state index is -2.93. The van der Waals surface area contributed by atoms with Crippen molar-refractivity contribution in [3.63, 3.8) is 0 Å². The molecule has 194 valence electrons. The predicted molar refractivity (Wildman–Crippen MR) is 149 cm³/mol. The van der Waals surface area contributed by atoms with Gasteiger partial charge in [0.1, 0.15) is 0 Å². The van der Waals surface area contributed by atoms with Crippen molar-refractivity contribution >= 4 is 17.7 Å². The monoisotopic (exact) mass is 495 g/mol. The molecule has 5 nitrogen and oxygen atoms in total. The van der Waals surface area contributed by atoms with E-state index in [1.54, 1.807) is 18.3 Å². The van der Waals surface area contributed by atoms with Crippen LogP contribution < -0.4 is 5.32 Å². The topological polar surface area (TPSA) is 43.2 Å². The Morgan fingerprint density at radius 3 is 2.61 bits per heavy atom. The fraction of sp³-hybridized carbons (Fsp3) is 0.379. The van der Waals surface area contributed by atoms with E-state index in [4.69, 9.17) is 4.99 Å². The van der Waals surface area contributed by atoms with Crippen LogP contribution in [0.2, 0.25) is 0 Å². The molecule has 0 unspecified atom stereocenters. The molecule has 0 atom stereocenters. The molecule has 1 aliphatic heterocycles. The molecule has 0 saturated carbocycles. The lowest BCUT2D eigenvalue weighted by Crippen LogP contribution is -2.38. The largest absolute Gasteiger partial charge is 0.372 e. The lowest BCUT2D eigenvalue weighted by Gasteiger charge is -2.29. The van der Waals surface area contributed by atoms with Crippen LogP contribution in [0.15, 0.2) is 88.9 Å². The summed E-state index contributed by atoms with van der Waals surface area (Å²) in [6.45, 7) is 17.4. The van der Waals surface area contributed by atoms with Gasteiger partial charge in [0.05, 0.1) is 17.2 Å². The summed E-state index contributed by atoms with van der Waals surface area (Å²) < 4.78 is 27.9. The van der Waals surface area contributed by atoms with Crippen molar-refractivity contribution in [2.24, 2.45) is 9.98 Å². The highest BCUT2D eigenvalue weighted by molar-refractivity contribution is 6.01. The van der Waals surface area contributed by atoms with Crippen LogP contribution in [0.4, 0.5) is 8.78 Å². The first-order chi connectivity index (χ1) is 17.1. The van der Waals surface area contributed by atoms with Crippen LogP contribution in [-0.2, 0) is 5.92 Å². The Hall–Kier alpha value is -3.48. The highest BCUT2D eigenvalue weighted by atomic mass is 19.3. The summed E-state index contributed by atoms with van der Waals surface area (Å²) in [5.74, 6) is -1.57. The second-order valence-electron chi connectivity index (χ2n) is 8.69. The Kier molecular flexibility index (Phi) is 10.8. The SMILES string of the molecule is C=C1/C(=N\C(=C/C)c2cccc(C(C)(F)F)c2)N(C(=C)NCCC(/C=C\C)=C/N=C\C)CCCN1C. The van der Waals surface area contributed by atoms with Crippen LogP contribution in [0.1, 0.15) is 51.7 Å². The second-order valence-corrected chi connectivity index (χ2v) is 8.69. The van der Waals surface area contributed by atoms with Gasteiger partial charge in [-0.05, 0) is 45.3 Å². The van der Waals surface area contributed by atoms with Crippen LogP contribution in [0.5, 0.6) is 0 Å². The Balaban J connectivity index is 2.34. The quantitative estimate of drug-likeness (QED) is 0.290. The van der Waals surface area contributed by atoms with Crippen molar-refractivity contribution in [3.05, 3.63) is 90.1 Å². The summed E-state index contributed by atoms with van der Waals surface area (Å²) in [7, 11) is 1.98. The molecule has 7 heteroatoms. The van der Waals surface area contributed by atoms with E-state index in [2.05, 4.69) is 28.4 Å². The van der Waals surface area contributed by atoms with Gasteiger partial charge >= 0.3 is 0 Å². The summed E-state index contributed by atoms with van der Waals surface area (Å²) in [4.78, 5) is 13.2. The third-order valence-corrected chi connectivity index (χ3v) is 5.85. The smallest absolute Gasteiger partial charge is 0.270 e. The molecule has 0 aliphatic carbocycles. The van der Waals surface area contributed by atoms with Gasteiger partial charge in [0.2, 0.25) is 0 Å². The average Bonchev–Trinajstić information content (AvgIpc) is 2.98. The number of nitrogens with one attached hydrogen (secondary N) is 1. The van der Waals surface area contributed by atoms with Gasteiger partial charge in [0.25, 0.3) is 5.92 Å². The zero-order valence-electron chi connectivity index (χ0n) is 22.2. The zero-order chi connectivity index (χ0) is 26.7. The minimum Gasteiger partial charge on any atom is -0.372 e. The zero-order valence-corrected chi connectivity index (χ0v) is 22.2. The van der Waals surface area contributed by atoms with E-state index >= 15 is 0 Å². The average molecular weight is 496 g/mol. The number of aliphatic imine (C=N–C) groups is 2. The van der Waals surface area contributed by atoms with Gasteiger partial charge in [-0.25, -0.2) is 13.8 Å². The Morgan fingerprint density at radius 1 is 1.22 bits per heavy atom. The highest BCUT2D eigenvalue weighted by Gasteiger charge is 2.26. The summed E-state index contributed by atoms with van der Waals surface area (Å²) in [6, 6.07) is 6.36. The van der Waals surface area contributed by atoms with Crippen LogP contribution >= 0.6 is 0 Å². The van der Waals surface area contributed by atoms with Crippen LogP contribution in [0, 0.1) is 0 Å². The number of amidine groups is 1. The highest BCUT2D eigenvalue weighted by Crippen LogP contribution is 2.30. The maximum Gasteiger partial charge on any atom is 0.270 e. The summed E-state index contributed by atoms with van der Waals surface area (Å²) >= 11 is 0. The number of nitrogens with zero attached hydrogens (tertiary/aromatic N) is 4. The summed E-state index contributed by atoms with van der Waals surface area (Å²) in [5.41, 5.74) is 3.03. The molecule has 0 aromatic heterocycles. The Bertz CT molecular complexity index is 1070. The molecule has 1 heterocycles. The Morgan fingerprint density at radius 2 is 1.97 bits per heavy atom. The van der Waals surface area contributed by atoms with E-state index in [0.29, 0.717) is 36.0 Å². The van der Waals surface area contributed by atoms with Crippen molar-refractivity contribution in [3.8, 4) is 0 Å². The first-order valence-corrected chi connectivity index (χ1v) is 12.3. The molecular weight excluding hydrogens is 456 g/mol. The maximum atomic E-state index is 14.0. The van der Waals surface area contributed by atoms with Gasteiger partial charge < -0.3 is 15.1 Å². The third-order valence-electron chi connectivity index (χ3n) is 5.85. The van der Waals surface area contributed by atoms with Crippen molar-refractivity contribution in [2.75, 3.05) is 26.7 Å². The molecule has 0 spiro atoms. The van der Waals surface area contributed by atoms with Gasteiger partial charge in [0.15, 0.2) is 5.84 Å². The molecule has 1 aromatic carbocycles. The summed E-state index contributed by atoms with van der Waals surface area (Å²) in [6.07, 6.45) is 11.1.